The van der Waals surface area contributed by atoms with Gasteiger partial charge in [-0.05, 0) is 40.4 Å². The molecular weight excluding hydrogens is 296 g/mol. The van der Waals surface area contributed by atoms with Crippen LogP contribution in [-0.4, -0.2) is 32.4 Å². The minimum Gasteiger partial charge on any atom is -0.394 e. The van der Waals surface area contributed by atoms with Crippen molar-refractivity contribution in [2.75, 3.05) is 11.9 Å². The third-order valence-corrected chi connectivity index (χ3v) is 3.07. The molecule has 0 aliphatic heterocycles. The molecule has 0 radical (unpaired) electrons. The van der Waals surface area contributed by atoms with Crippen molar-refractivity contribution >= 4 is 27.5 Å². The number of anilines is 1. The molecule has 2 aromatic heterocycles. The number of aliphatic hydroxyl groups is 1. The smallest absolute Gasteiger partial charge is 0.243 e. The number of fused-ring (bicyclic) bond motifs is 1. The second-order valence-electron chi connectivity index (χ2n) is 4.74. The molecule has 0 aromatic carbocycles. The number of nitrogens with zero attached hydrogens (tertiary/aromatic N) is 3. The molecule has 5 nitrogen and oxygen atoms in total. The van der Waals surface area contributed by atoms with E-state index in [2.05, 4.69) is 45.2 Å². The lowest BCUT2D eigenvalue weighted by Crippen LogP contribution is -2.26. The Kier molecular flexibility index (Phi) is 4.19. The fourth-order valence-electron chi connectivity index (χ4n) is 1.85. The summed E-state index contributed by atoms with van der Waals surface area (Å²) < 4.78 is 2.66. The highest BCUT2D eigenvalue weighted by molar-refractivity contribution is 9.10. The van der Waals surface area contributed by atoms with Crippen LogP contribution in [0.2, 0.25) is 0 Å². The van der Waals surface area contributed by atoms with Crippen LogP contribution in [-0.2, 0) is 0 Å². The number of aromatic nitrogens is 3. The summed E-state index contributed by atoms with van der Waals surface area (Å²) in [7, 11) is 0. The molecule has 0 fully saturated rings. The quantitative estimate of drug-likeness (QED) is 0.889. The summed E-state index contributed by atoms with van der Waals surface area (Å²) in [4.78, 5) is 4.36. The first-order valence-corrected chi connectivity index (χ1v) is 6.77. The second kappa shape index (κ2) is 5.67. The van der Waals surface area contributed by atoms with E-state index >= 15 is 0 Å². The summed E-state index contributed by atoms with van der Waals surface area (Å²) in [5, 5.41) is 16.8. The monoisotopic (exact) mass is 312 g/mol. The Labute approximate surface area is 114 Å². The topological polar surface area (TPSA) is 62.5 Å². The summed E-state index contributed by atoms with van der Waals surface area (Å²) in [5.74, 6) is 1.06. The Morgan fingerprint density at radius 1 is 1.44 bits per heavy atom. The van der Waals surface area contributed by atoms with E-state index in [9.17, 15) is 5.11 Å². The van der Waals surface area contributed by atoms with Crippen molar-refractivity contribution in [3.63, 3.8) is 0 Å². The minimum absolute atomic E-state index is 0.00847. The summed E-state index contributed by atoms with van der Waals surface area (Å²) in [5.41, 5.74) is 0.780. The van der Waals surface area contributed by atoms with Gasteiger partial charge in [0.15, 0.2) is 5.65 Å². The number of rotatable bonds is 5. The summed E-state index contributed by atoms with van der Waals surface area (Å²) in [6, 6.07) is 3.80. The average Bonchev–Trinajstić information content (AvgIpc) is 2.68. The number of aliphatic hydroxyl groups excluding tert-OH is 1. The van der Waals surface area contributed by atoms with Gasteiger partial charge in [-0.1, -0.05) is 13.8 Å². The largest absolute Gasteiger partial charge is 0.394 e. The van der Waals surface area contributed by atoms with Gasteiger partial charge in [0, 0.05) is 10.7 Å². The molecule has 1 unspecified atom stereocenters. The lowest BCUT2D eigenvalue weighted by molar-refractivity contribution is 0.259. The maximum atomic E-state index is 9.32. The SMILES string of the molecule is CC(C)CC(CO)Nc1nc2ccc(Br)cn2n1. The van der Waals surface area contributed by atoms with Gasteiger partial charge in [-0.15, -0.1) is 5.10 Å². The fourth-order valence-corrected chi connectivity index (χ4v) is 2.18. The maximum Gasteiger partial charge on any atom is 0.243 e. The van der Waals surface area contributed by atoms with Crippen molar-refractivity contribution in [3.05, 3.63) is 22.8 Å². The van der Waals surface area contributed by atoms with Crippen LogP contribution in [0.3, 0.4) is 0 Å². The number of hydrogen-bond acceptors (Lipinski definition) is 4. The molecule has 0 aliphatic carbocycles. The van der Waals surface area contributed by atoms with Gasteiger partial charge >= 0.3 is 0 Å². The van der Waals surface area contributed by atoms with E-state index in [0.29, 0.717) is 11.9 Å². The molecule has 0 saturated carbocycles. The number of nitrogens with one attached hydrogen (secondary N) is 1. The van der Waals surface area contributed by atoms with Crippen molar-refractivity contribution in [2.24, 2.45) is 5.92 Å². The molecule has 2 N–H and O–H groups in total. The molecule has 0 aliphatic rings. The zero-order valence-corrected chi connectivity index (χ0v) is 12.1. The van der Waals surface area contributed by atoms with Crippen LogP contribution in [0.25, 0.3) is 5.65 Å². The first-order chi connectivity index (χ1) is 8.58. The van der Waals surface area contributed by atoms with Crippen LogP contribution in [0.5, 0.6) is 0 Å². The Morgan fingerprint density at radius 3 is 2.89 bits per heavy atom. The summed E-state index contributed by atoms with van der Waals surface area (Å²) in [6.07, 6.45) is 2.74. The molecule has 0 bridgehead atoms. The van der Waals surface area contributed by atoms with Crippen LogP contribution in [0, 0.1) is 5.92 Å². The van der Waals surface area contributed by atoms with Crippen LogP contribution in [0.4, 0.5) is 5.95 Å². The van der Waals surface area contributed by atoms with Gasteiger partial charge in [0.05, 0.1) is 12.6 Å². The number of halogens is 1. The van der Waals surface area contributed by atoms with Gasteiger partial charge in [0.1, 0.15) is 0 Å². The molecule has 1 atom stereocenters. The van der Waals surface area contributed by atoms with Crippen LogP contribution in [0.15, 0.2) is 22.8 Å². The zero-order valence-electron chi connectivity index (χ0n) is 10.5. The van der Waals surface area contributed by atoms with Gasteiger partial charge < -0.3 is 10.4 Å². The van der Waals surface area contributed by atoms with E-state index in [-0.39, 0.29) is 12.6 Å². The van der Waals surface area contributed by atoms with E-state index in [0.717, 1.165) is 16.5 Å². The van der Waals surface area contributed by atoms with E-state index < -0.39 is 0 Å². The normalized spacial score (nSPS) is 13.2. The lowest BCUT2D eigenvalue weighted by atomic mass is 10.0. The van der Waals surface area contributed by atoms with Gasteiger partial charge in [-0.3, -0.25) is 0 Å². The minimum atomic E-state index is -0.00847. The van der Waals surface area contributed by atoms with E-state index in [1.165, 1.54) is 0 Å². The van der Waals surface area contributed by atoms with E-state index in [4.69, 9.17) is 0 Å². The van der Waals surface area contributed by atoms with Crippen molar-refractivity contribution in [1.82, 2.24) is 14.6 Å². The molecule has 0 spiro atoms. The molecule has 2 rings (SSSR count). The van der Waals surface area contributed by atoms with Crippen LogP contribution in [0.1, 0.15) is 20.3 Å². The predicted molar refractivity (Wildman–Crippen MR) is 74.6 cm³/mol. The first-order valence-electron chi connectivity index (χ1n) is 5.98. The molecule has 2 heterocycles. The molecule has 0 saturated heterocycles. The molecule has 98 valence electrons. The van der Waals surface area contributed by atoms with Gasteiger partial charge in [0.25, 0.3) is 0 Å². The lowest BCUT2D eigenvalue weighted by Gasteiger charge is -2.16. The Balaban J connectivity index is 2.15. The standard InChI is InChI=1S/C12H17BrN4O/c1-8(2)5-10(7-18)14-12-15-11-4-3-9(13)6-17(11)16-12/h3-4,6,8,10,18H,5,7H2,1-2H3,(H,14,16). The summed E-state index contributed by atoms with van der Waals surface area (Å²) in [6.45, 7) is 4.33. The second-order valence-corrected chi connectivity index (χ2v) is 5.65. The van der Waals surface area contributed by atoms with E-state index in [1.807, 2.05) is 18.3 Å². The van der Waals surface area contributed by atoms with Crippen molar-refractivity contribution < 1.29 is 5.11 Å². The first kappa shape index (κ1) is 13.3. The van der Waals surface area contributed by atoms with Crippen molar-refractivity contribution in [1.29, 1.82) is 0 Å². The molecule has 0 amide bonds. The number of pyridine rings is 1. The van der Waals surface area contributed by atoms with Crippen molar-refractivity contribution in [3.8, 4) is 0 Å². The highest BCUT2D eigenvalue weighted by Gasteiger charge is 2.12. The van der Waals surface area contributed by atoms with Gasteiger partial charge in [-0.2, -0.15) is 4.98 Å². The van der Waals surface area contributed by atoms with Crippen LogP contribution < -0.4 is 5.32 Å². The van der Waals surface area contributed by atoms with Crippen molar-refractivity contribution in [2.45, 2.75) is 26.3 Å². The average molecular weight is 313 g/mol. The Hall–Kier alpha value is -1.14. The third kappa shape index (κ3) is 3.20. The molecule has 2 aromatic rings. The highest BCUT2D eigenvalue weighted by Crippen LogP contribution is 2.14. The Bertz CT molecular complexity index is 526. The Morgan fingerprint density at radius 2 is 2.22 bits per heavy atom. The van der Waals surface area contributed by atoms with Crippen LogP contribution >= 0.6 is 15.9 Å². The molecular formula is C12H17BrN4O. The highest BCUT2D eigenvalue weighted by atomic mass is 79.9. The molecule has 6 heteroatoms. The van der Waals surface area contributed by atoms with E-state index in [1.54, 1.807) is 4.52 Å². The third-order valence-electron chi connectivity index (χ3n) is 2.60. The maximum absolute atomic E-state index is 9.32. The summed E-state index contributed by atoms with van der Waals surface area (Å²) >= 11 is 3.39. The number of hydrogen-bond donors (Lipinski definition) is 2. The van der Waals surface area contributed by atoms with Gasteiger partial charge in [0.2, 0.25) is 5.95 Å². The predicted octanol–water partition coefficient (Wildman–Crippen LogP) is 2.31. The fraction of sp³-hybridized carbons (Fsp3) is 0.500. The zero-order chi connectivity index (χ0) is 13.1. The molecule has 18 heavy (non-hydrogen) atoms. The van der Waals surface area contributed by atoms with Gasteiger partial charge in [-0.25, -0.2) is 4.52 Å².